The number of nitrogens with zero attached hydrogens (tertiary/aromatic N) is 2. The fraction of sp³-hybridized carbons (Fsp3) is 0.231. The molecule has 1 heterocycles. The largest absolute Gasteiger partial charge is 0.495 e. The normalized spacial score (nSPS) is 10.2. The van der Waals surface area contributed by atoms with Gasteiger partial charge in [-0.05, 0) is 55.0 Å². The summed E-state index contributed by atoms with van der Waals surface area (Å²) in [6.45, 7) is 1.44. The van der Waals surface area contributed by atoms with Crippen molar-refractivity contribution in [3.63, 3.8) is 0 Å². The zero-order chi connectivity index (χ0) is 26.1. The van der Waals surface area contributed by atoms with Crippen LogP contribution in [0.15, 0.2) is 60.8 Å². The van der Waals surface area contributed by atoms with Crippen LogP contribution in [0.3, 0.4) is 0 Å². The molecule has 2 aromatic carbocycles. The molecule has 0 atom stereocenters. The van der Waals surface area contributed by atoms with Crippen LogP contribution in [0.4, 0.5) is 11.5 Å². The third-order valence-corrected chi connectivity index (χ3v) is 5.06. The zero-order valence-electron chi connectivity index (χ0n) is 20.5. The molecule has 0 aliphatic carbocycles. The number of methoxy groups -OCH3 is 2. The number of carbonyl (C=O) groups excluding carboxylic acids is 3. The fourth-order valence-corrected chi connectivity index (χ4v) is 3.29. The van der Waals surface area contributed by atoms with E-state index in [1.165, 1.54) is 44.4 Å². The van der Waals surface area contributed by atoms with Gasteiger partial charge >= 0.3 is 0 Å². The van der Waals surface area contributed by atoms with Crippen molar-refractivity contribution in [2.75, 3.05) is 45.1 Å². The van der Waals surface area contributed by atoms with E-state index in [4.69, 9.17) is 14.2 Å². The van der Waals surface area contributed by atoms with Gasteiger partial charge in [-0.15, -0.1) is 0 Å². The summed E-state index contributed by atoms with van der Waals surface area (Å²) in [7, 11) is 4.46. The Balaban J connectivity index is 1.59. The number of hydrogen-bond acceptors (Lipinski definition) is 7. The van der Waals surface area contributed by atoms with E-state index in [1.807, 2.05) is 13.0 Å². The second-order valence-electron chi connectivity index (χ2n) is 7.83. The van der Waals surface area contributed by atoms with Gasteiger partial charge in [0.2, 0.25) is 5.91 Å². The van der Waals surface area contributed by atoms with Crippen LogP contribution in [0.2, 0.25) is 0 Å². The average Bonchev–Trinajstić information content (AvgIpc) is 2.87. The number of aryl methyl sites for hydroxylation is 1. The Morgan fingerprint density at radius 2 is 1.64 bits per heavy atom. The van der Waals surface area contributed by atoms with Crippen molar-refractivity contribution in [3.8, 4) is 17.2 Å². The lowest BCUT2D eigenvalue weighted by molar-refractivity contribution is -0.118. The third kappa shape index (κ3) is 6.95. The number of hydrogen-bond donors (Lipinski definition) is 2. The van der Waals surface area contributed by atoms with E-state index in [9.17, 15) is 14.4 Å². The third-order valence-electron chi connectivity index (χ3n) is 5.06. The van der Waals surface area contributed by atoms with Crippen LogP contribution in [0.5, 0.6) is 17.2 Å². The number of carbonyl (C=O) groups is 3. The molecular weight excluding hydrogens is 464 g/mol. The molecule has 10 nitrogen and oxygen atoms in total. The number of pyridine rings is 1. The number of likely N-dealkylation sites (N-methyl/N-ethyl adjacent to an activating group) is 1. The van der Waals surface area contributed by atoms with Crippen LogP contribution < -0.4 is 24.8 Å². The van der Waals surface area contributed by atoms with Crippen molar-refractivity contribution in [2.24, 2.45) is 0 Å². The number of ether oxygens (including phenoxy) is 3. The summed E-state index contributed by atoms with van der Waals surface area (Å²) in [5.41, 5.74) is 1.77. The second kappa shape index (κ2) is 12.2. The van der Waals surface area contributed by atoms with Crippen LogP contribution >= 0.6 is 0 Å². The summed E-state index contributed by atoms with van der Waals surface area (Å²) >= 11 is 0. The van der Waals surface area contributed by atoms with Gasteiger partial charge in [-0.25, -0.2) is 4.98 Å². The minimum atomic E-state index is -0.393. The van der Waals surface area contributed by atoms with E-state index in [-0.39, 0.29) is 36.5 Å². The molecule has 2 N–H and O–H groups in total. The fourth-order valence-electron chi connectivity index (χ4n) is 3.29. The number of aromatic nitrogens is 1. The van der Waals surface area contributed by atoms with Crippen LogP contribution in [-0.2, 0) is 9.59 Å². The minimum Gasteiger partial charge on any atom is -0.495 e. The van der Waals surface area contributed by atoms with E-state index in [0.29, 0.717) is 22.8 Å². The number of nitrogens with one attached hydrogen (secondary N) is 2. The summed E-state index contributed by atoms with van der Waals surface area (Å²) in [5.74, 6) is 0.342. The molecule has 0 fully saturated rings. The predicted molar refractivity (Wildman–Crippen MR) is 135 cm³/mol. The standard InChI is InChI=1S/C26H28N4O6/c1-17-11-12-27-23(13-17)29-24(31)15-30(2)26(33)18-9-10-21(22(14-18)35-4)36-16-25(32)28-19-7-5-6-8-20(19)34-3/h5-14H,15-16H2,1-4H3,(H,28,32)(H,27,29,31). The maximum Gasteiger partial charge on any atom is 0.262 e. The van der Waals surface area contributed by atoms with Crippen molar-refractivity contribution >= 4 is 29.2 Å². The molecule has 0 bridgehead atoms. The monoisotopic (exact) mass is 492 g/mol. The summed E-state index contributed by atoms with van der Waals surface area (Å²) in [5, 5.41) is 5.39. The van der Waals surface area contributed by atoms with E-state index in [2.05, 4.69) is 15.6 Å². The minimum absolute atomic E-state index is 0.169. The Bertz CT molecular complexity index is 1250. The Labute approximate surface area is 209 Å². The molecule has 0 aliphatic rings. The molecular formula is C26H28N4O6. The first-order chi connectivity index (χ1) is 17.3. The lowest BCUT2D eigenvalue weighted by Crippen LogP contribution is -2.35. The Morgan fingerprint density at radius 3 is 2.36 bits per heavy atom. The van der Waals surface area contributed by atoms with Gasteiger partial charge in [-0.3, -0.25) is 14.4 Å². The van der Waals surface area contributed by atoms with E-state index < -0.39 is 5.91 Å². The van der Waals surface area contributed by atoms with E-state index >= 15 is 0 Å². The van der Waals surface area contributed by atoms with Gasteiger partial charge in [0, 0.05) is 18.8 Å². The molecule has 36 heavy (non-hydrogen) atoms. The summed E-state index contributed by atoms with van der Waals surface area (Å²) in [4.78, 5) is 42.9. The van der Waals surface area contributed by atoms with Gasteiger partial charge in [0.25, 0.3) is 11.8 Å². The molecule has 3 amide bonds. The van der Waals surface area contributed by atoms with Crippen LogP contribution in [0, 0.1) is 6.92 Å². The lowest BCUT2D eigenvalue weighted by Gasteiger charge is -2.18. The van der Waals surface area contributed by atoms with Gasteiger partial charge in [0.05, 0.1) is 26.5 Å². The van der Waals surface area contributed by atoms with Crippen molar-refractivity contribution < 1.29 is 28.6 Å². The molecule has 1 aromatic heterocycles. The molecule has 188 valence electrons. The van der Waals surface area contributed by atoms with Crippen LogP contribution in [0.25, 0.3) is 0 Å². The SMILES string of the molecule is COc1ccccc1NC(=O)COc1ccc(C(=O)N(C)CC(=O)Nc2cc(C)ccn2)cc1OC. The second-order valence-corrected chi connectivity index (χ2v) is 7.83. The molecule has 0 unspecified atom stereocenters. The highest BCUT2D eigenvalue weighted by atomic mass is 16.5. The maximum atomic E-state index is 12.9. The Kier molecular flexibility index (Phi) is 8.82. The number of anilines is 2. The summed E-state index contributed by atoms with van der Waals surface area (Å²) in [6, 6.07) is 15.1. The lowest BCUT2D eigenvalue weighted by atomic mass is 10.1. The quantitative estimate of drug-likeness (QED) is 0.446. The van der Waals surface area contributed by atoms with E-state index in [0.717, 1.165) is 5.56 Å². The van der Waals surface area contributed by atoms with Crippen molar-refractivity contribution in [2.45, 2.75) is 6.92 Å². The molecule has 10 heteroatoms. The van der Waals surface area contributed by atoms with Gasteiger partial charge < -0.3 is 29.7 Å². The van der Waals surface area contributed by atoms with Gasteiger partial charge in [-0.2, -0.15) is 0 Å². The van der Waals surface area contributed by atoms with Crippen LogP contribution in [-0.4, -0.2) is 62.0 Å². The number of rotatable bonds is 10. The highest BCUT2D eigenvalue weighted by molar-refractivity contribution is 5.99. The highest BCUT2D eigenvalue weighted by Crippen LogP contribution is 2.29. The van der Waals surface area contributed by atoms with Gasteiger partial charge in [0.1, 0.15) is 11.6 Å². The van der Waals surface area contributed by atoms with Crippen molar-refractivity contribution in [3.05, 3.63) is 71.9 Å². The molecule has 0 spiro atoms. The first kappa shape index (κ1) is 26.0. The first-order valence-electron chi connectivity index (χ1n) is 11.0. The first-order valence-corrected chi connectivity index (χ1v) is 11.0. The molecule has 0 saturated heterocycles. The molecule has 3 rings (SSSR count). The average molecular weight is 493 g/mol. The molecule has 0 radical (unpaired) electrons. The van der Waals surface area contributed by atoms with Gasteiger partial charge in [-0.1, -0.05) is 12.1 Å². The predicted octanol–water partition coefficient (Wildman–Crippen LogP) is 3.14. The Morgan fingerprint density at radius 1 is 0.889 bits per heavy atom. The molecule has 0 saturated carbocycles. The molecule has 0 aliphatic heterocycles. The highest BCUT2D eigenvalue weighted by Gasteiger charge is 2.18. The smallest absolute Gasteiger partial charge is 0.262 e. The number of para-hydroxylation sites is 2. The van der Waals surface area contributed by atoms with Crippen molar-refractivity contribution in [1.82, 2.24) is 9.88 Å². The zero-order valence-corrected chi connectivity index (χ0v) is 20.5. The maximum absolute atomic E-state index is 12.9. The van der Waals surface area contributed by atoms with Crippen molar-refractivity contribution in [1.29, 1.82) is 0 Å². The van der Waals surface area contributed by atoms with Crippen LogP contribution in [0.1, 0.15) is 15.9 Å². The number of benzene rings is 2. The van der Waals surface area contributed by atoms with E-state index in [1.54, 1.807) is 36.5 Å². The molecule has 3 aromatic rings. The Hall–Kier alpha value is -4.60. The number of amides is 3. The van der Waals surface area contributed by atoms with Gasteiger partial charge in [0.15, 0.2) is 18.1 Å². The summed E-state index contributed by atoms with van der Waals surface area (Å²) < 4.78 is 16.2. The topological polar surface area (TPSA) is 119 Å². The summed E-state index contributed by atoms with van der Waals surface area (Å²) in [6.07, 6.45) is 1.60.